The van der Waals surface area contributed by atoms with Crippen LogP contribution in [0, 0.1) is 17.1 Å². The normalized spacial score (nSPS) is 11.4. The van der Waals surface area contributed by atoms with Gasteiger partial charge >= 0.3 is 5.97 Å². The number of nitrogens with zero attached hydrogens (tertiary/aromatic N) is 2. The van der Waals surface area contributed by atoms with Crippen LogP contribution in [0.2, 0.25) is 0 Å². The highest BCUT2D eigenvalue weighted by Gasteiger charge is 2.23. The van der Waals surface area contributed by atoms with Gasteiger partial charge in [-0.15, -0.1) is 0 Å². The third kappa shape index (κ3) is 4.83. The first-order valence-corrected chi connectivity index (χ1v) is 6.94. The van der Waals surface area contributed by atoms with E-state index in [9.17, 15) is 14.0 Å². The van der Waals surface area contributed by atoms with Gasteiger partial charge in [-0.2, -0.15) is 5.26 Å². The van der Waals surface area contributed by atoms with Crippen LogP contribution in [0.15, 0.2) is 22.7 Å². The van der Waals surface area contributed by atoms with E-state index in [-0.39, 0.29) is 18.5 Å². The van der Waals surface area contributed by atoms with Crippen LogP contribution in [0.4, 0.5) is 4.39 Å². The van der Waals surface area contributed by atoms with Gasteiger partial charge in [0.15, 0.2) is 6.10 Å². The van der Waals surface area contributed by atoms with E-state index in [1.807, 2.05) is 6.07 Å². The van der Waals surface area contributed by atoms with Crippen molar-refractivity contribution in [3.05, 3.63) is 34.1 Å². The Kier molecular flexibility index (Phi) is 6.31. The molecule has 0 N–H and O–H groups in total. The zero-order valence-corrected chi connectivity index (χ0v) is 13.2. The van der Waals surface area contributed by atoms with Crippen LogP contribution in [0.1, 0.15) is 23.7 Å². The number of hydrogen-bond acceptors (Lipinski definition) is 4. The number of halogens is 2. The SMILES string of the molecule is C[C@H](OC(=O)c1cc(F)ccc1Br)C(=O)N(C)CCC#N. The lowest BCUT2D eigenvalue weighted by molar-refractivity contribution is -0.138. The summed E-state index contributed by atoms with van der Waals surface area (Å²) in [5, 5.41) is 8.47. The number of hydrogen-bond donors (Lipinski definition) is 0. The van der Waals surface area contributed by atoms with Gasteiger partial charge in [-0.3, -0.25) is 4.79 Å². The van der Waals surface area contributed by atoms with Crippen molar-refractivity contribution < 1.29 is 18.7 Å². The fourth-order valence-electron chi connectivity index (χ4n) is 1.57. The van der Waals surface area contributed by atoms with Gasteiger partial charge < -0.3 is 9.64 Å². The van der Waals surface area contributed by atoms with Crippen molar-refractivity contribution in [2.45, 2.75) is 19.4 Å². The summed E-state index contributed by atoms with van der Waals surface area (Å²) in [6, 6.07) is 5.54. The Morgan fingerprint density at radius 1 is 1.52 bits per heavy atom. The monoisotopic (exact) mass is 356 g/mol. The van der Waals surface area contributed by atoms with Crippen LogP contribution in [0.5, 0.6) is 0 Å². The highest BCUT2D eigenvalue weighted by molar-refractivity contribution is 9.10. The molecule has 0 aliphatic heterocycles. The Bertz CT molecular complexity index is 586. The molecule has 21 heavy (non-hydrogen) atoms. The van der Waals surface area contributed by atoms with Crippen molar-refractivity contribution in [1.82, 2.24) is 4.90 Å². The number of ether oxygens (including phenoxy) is 1. The van der Waals surface area contributed by atoms with Gasteiger partial charge in [0.1, 0.15) is 5.82 Å². The van der Waals surface area contributed by atoms with E-state index in [2.05, 4.69) is 15.9 Å². The van der Waals surface area contributed by atoms with Crippen molar-refractivity contribution >= 4 is 27.8 Å². The van der Waals surface area contributed by atoms with E-state index in [0.29, 0.717) is 4.47 Å². The first-order chi connectivity index (χ1) is 9.86. The molecule has 0 unspecified atom stereocenters. The lowest BCUT2D eigenvalue weighted by Gasteiger charge is -2.20. The lowest BCUT2D eigenvalue weighted by atomic mass is 10.2. The van der Waals surface area contributed by atoms with Gasteiger partial charge in [0.05, 0.1) is 18.1 Å². The van der Waals surface area contributed by atoms with E-state index < -0.39 is 23.8 Å². The molecular weight excluding hydrogens is 343 g/mol. The molecule has 7 heteroatoms. The summed E-state index contributed by atoms with van der Waals surface area (Å²) >= 11 is 3.12. The van der Waals surface area contributed by atoms with E-state index in [1.54, 1.807) is 0 Å². The molecule has 0 bridgehead atoms. The topological polar surface area (TPSA) is 70.4 Å². The van der Waals surface area contributed by atoms with Crippen LogP contribution in [-0.2, 0) is 9.53 Å². The molecule has 1 aromatic rings. The number of carbonyl (C=O) groups excluding carboxylic acids is 2. The third-order valence-electron chi connectivity index (χ3n) is 2.72. The quantitative estimate of drug-likeness (QED) is 0.760. The second kappa shape index (κ2) is 7.74. The van der Waals surface area contributed by atoms with Gasteiger partial charge in [0.2, 0.25) is 0 Å². The van der Waals surface area contributed by atoms with E-state index >= 15 is 0 Å². The van der Waals surface area contributed by atoms with Crippen molar-refractivity contribution in [2.75, 3.05) is 13.6 Å². The van der Waals surface area contributed by atoms with Crippen LogP contribution in [0.3, 0.4) is 0 Å². The zero-order chi connectivity index (χ0) is 16.0. The molecule has 1 aromatic carbocycles. The highest BCUT2D eigenvalue weighted by atomic mass is 79.9. The molecule has 0 spiro atoms. The molecule has 0 fully saturated rings. The molecule has 0 aromatic heterocycles. The predicted octanol–water partition coefficient (Wildman–Crippen LogP) is 2.51. The molecule has 0 aliphatic rings. The second-order valence-corrected chi connectivity index (χ2v) is 5.19. The molecule has 0 saturated carbocycles. The molecule has 5 nitrogen and oxygen atoms in total. The number of likely N-dealkylation sites (N-methyl/N-ethyl adjacent to an activating group) is 1. The van der Waals surface area contributed by atoms with Crippen molar-refractivity contribution in [3.8, 4) is 6.07 Å². The summed E-state index contributed by atoms with van der Waals surface area (Å²) < 4.78 is 18.5. The van der Waals surface area contributed by atoms with Gasteiger partial charge in [-0.1, -0.05) is 0 Å². The smallest absolute Gasteiger partial charge is 0.340 e. The van der Waals surface area contributed by atoms with Crippen molar-refractivity contribution in [3.63, 3.8) is 0 Å². The number of esters is 1. The molecule has 1 atom stereocenters. The predicted molar refractivity (Wildman–Crippen MR) is 76.8 cm³/mol. The largest absolute Gasteiger partial charge is 0.449 e. The molecule has 0 radical (unpaired) electrons. The fraction of sp³-hybridized carbons (Fsp3) is 0.357. The van der Waals surface area contributed by atoms with Gasteiger partial charge in [0.25, 0.3) is 5.91 Å². The Morgan fingerprint density at radius 3 is 2.81 bits per heavy atom. The number of rotatable bonds is 5. The Morgan fingerprint density at radius 2 is 2.19 bits per heavy atom. The summed E-state index contributed by atoms with van der Waals surface area (Å²) in [6.07, 6.45) is -0.824. The summed E-state index contributed by atoms with van der Waals surface area (Å²) in [5.74, 6) is -1.79. The Hall–Kier alpha value is -1.94. The number of carbonyl (C=O) groups is 2. The molecule has 0 aliphatic carbocycles. The average molecular weight is 357 g/mol. The van der Waals surface area contributed by atoms with E-state index in [0.717, 1.165) is 6.07 Å². The third-order valence-corrected chi connectivity index (χ3v) is 3.41. The van der Waals surface area contributed by atoms with E-state index in [1.165, 1.54) is 31.0 Å². The standard InChI is InChI=1S/C14H14BrFN2O3/c1-9(13(19)18(2)7-3-6-17)21-14(20)11-8-10(16)4-5-12(11)15/h4-5,8-9H,3,7H2,1-2H3/t9-/m0/s1. The van der Waals surface area contributed by atoms with Crippen molar-refractivity contribution in [2.24, 2.45) is 0 Å². The maximum Gasteiger partial charge on any atom is 0.340 e. The van der Waals surface area contributed by atoms with Crippen LogP contribution in [0.25, 0.3) is 0 Å². The average Bonchev–Trinajstić information content (AvgIpc) is 2.46. The second-order valence-electron chi connectivity index (χ2n) is 4.34. The van der Waals surface area contributed by atoms with Gasteiger partial charge in [-0.25, -0.2) is 9.18 Å². The molecule has 1 amide bonds. The molecule has 112 valence electrons. The number of nitriles is 1. The number of benzene rings is 1. The Labute approximate surface area is 130 Å². The summed E-state index contributed by atoms with van der Waals surface area (Å²) in [7, 11) is 1.52. The van der Waals surface area contributed by atoms with E-state index in [4.69, 9.17) is 10.00 Å². The minimum atomic E-state index is -1.02. The minimum Gasteiger partial charge on any atom is -0.449 e. The fourth-order valence-corrected chi connectivity index (χ4v) is 1.98. The van der Waals surface area contributed by atoms with Crippen molar-refractivity contribution in [1.29, 1.82) is 5.26 Å². The first-order valence-electron chi connectivity index (χ1n) is 6.14. The zero-order valence-electron chi connectivity index (χ0n) is 11.6. The maximum absolute atomic E-state index is 13.1. The molecule has 1 rings (SSSR count). The molecule has 0 heterocycles. The summed E-state index contributed by atoms with van der Waals surface area (Å²) in [5.41, 5.74) is 0.00864. The lowest BCUT2D eigenvalue weighted by Crippen LogP contribution is -2.38. The Balaban J connectivity index is 2.72. The van der Waals surface area contributed by atoms with Crippen LogP contribution in [-0.4, -0.2) is 36.5 Å². The highest BCUT2D eigenvalue weighted by Crippen LogP contribution is 2.19. The molecule has 0 saturated heterocycles. The summed E-state index contributed by atoms with van der Waals surface area (Å²) in [4.78, 5) is 25.2. The van der Waals surface area contributed by atoms with Crippen LogP contribution < -0.4 is 0 Å². The van der Waals surface area contributed by atoms with Crippen LogP contribution >= 0.6 is 15.9 Å². The van der Waals surface area contributed by atoms with Gasteiger partial charge in [-0.05, 0) is 41.1 Å². The maximum atomic E-state index is 13.1. The summed E-state index contributed by atoms with van der Waals surface area (Å²) in [6.45, 7) is 1.68. The minimum absolute atomic E-state index is 0.00864. The van der Waals surface area contributed by atoms with Gasteiger partial charge in [0, 0.05) is 18.1 Å². The molecular formula is C14H14BrFN2O3. The number of amides is 1. The first kappa shape index (κ1) is 17.1.